The van der Waals surface area contributed by atoms with E-state index in [0.717, 1.165) is 11.6 Å². The lowest BCUT2D eigenvalue weighted by atomic mass is 9.94. The van der Waals surface area contributed by atoms with Crippen molar-refractivity contribution in [1.29, 1.82) is 0 Å². The predicted octanol–water partition coefficient (Wildman–Crippen LogP) is 3.38. The molecule has 1 aliphatic carbocycles. The summed E-state index contributed by atoms with van der Waals surface area (Å²) in [5.74, 6) is 1.87. The Hall–Kier alpha value is -0.870. The number of aliphatic hydroxyl groups excluding tert-OH is 1. The van der Waals surface area contributed by atoms with E-state index in [9.17, 15) is 5.11 Å². The first-order chi connectivity index (χ1) is 9.61. The Balaban J connectivity index is 2.27. The summed E-state index contributed by atoms with van der Waals surface area (Å²) in [7, 11) is 0. The maximum absolute atomic E-state index is 9.36. The van der Waals surface area contributed by atoms with Gasteiger partial charge in [-0.15, -0.1) is 0 Å². The second-order valence-electron chi connectivity index (χ2n) is 5.77. The predicted molar refractivity (Wildman–Crippen MR) is 82.4 cm³/mol. The quantitative estimate of drug-likeness (QED) is 0.847. The van der Waals surface area contributed by atoms with E-state index in [1.165, 1.54) is 32.1 Å². The third-order valence-corrected chi connectivity index (χ3v) is 4.06. The summed E-state index contributed by atoms with van der Waals surface area (Å²) in [5, 5.41) is 9.84. The topological polar surface area (TPSA) is 49.2 Å². The molecular weight excluding hydrogens is 274 g/mol. The summed E-state index contributed by atoms with van der Waals surface area (Å²) in [6.45, 7) is 4.86. The molecule has 112 valence electrons. The lowest BCUT2D eigenvalue weighted by Gasteiger charge is -2.35. The van der Waals surface area contributed by atoms with Gasteiger partial charge in [0.1, 0.15) is 16.8 Å². The number of rotatable bonds is 5. The van der Waals surface area contributed by atoms with E-state index >= 15 is 0 Å². The second kappa shape index (κ2) is 7.23. The summed E-state index contributed by atoms with van der Waals surface area (Å²) in [5.41, 5.74) is 0. The molecule has 0 radical (unpaired) electrons. The van der Waals surface area contributed by atoms with Crippen LogP contribution in [-0.2, 0) is 0 Å². The fourth-order valence-corrected chi connectivity index (χ4v) is 3.00. The van der Waals surface area contributed by atoms with Crippen LogP contribution < -0.4 is 4.90 Å². The average Bonchev–Trinajstić information content (AvgIpc) is 2.45. The van der Waals surface area contributed by atoms with E-state index < -0.39 is 0 Å². The Bertz CT molecular complexity index is 433. The van der Waals surface area contributed by atoms with Crippen LogP contribution in [0.2, 0.25) is 5.15 Å². The van der Waals surface area contributed by atoms with Gasteiger partial charge in [0.2, 0.25) is 0 Å². The minimum absolute atomic E-state index is 0.134. The molecule has 20 heavy (non-hydrogen) atoms. The molecule has 0 aliphatic heterocycles. The van der Waals surface area contributed by atoms with Crippen molar-refractivity contribution in [3.05, 3.63) is 17.0 Å². The summed E-state index contributed by atoms with van der Waals surface area (Å²) < 4.78 is 0. The average molecular weight is 298 g/mol. The number of aliphatic hydroxyl groups is 1. The molecule has 1 N–H and O–H groups in total. The van der Waals surface area contributed by atoms with Gasteiger partial charge >= 0.3 is 0 Å². The van der Waals surface area contributed by atoms with Crippen LogP contribution in [0, 0.1) is 0 Å². The van der Waals surface area contributed by atoms with Crippen LogP contribution in [0.5, 0.6) is 0 Å². The Morgan fingerprint density at radius 1 is 1.30 bits per heavy atom. The Morgan fingerprint density at radius 3 is 2.60 bits per heavy atom. The highest BCUT2D eigenvalue weighted by Crippen LogP contribution is 2.28. The normalized spacial score (nSPS) is 16.6. The maximum atomic E-state index is 9.36. The van der Waals surface area contributed by atoms with Crippen LogP contribution >= 0.6 is 11.6 Å². The molecule has 1 aromatic heterocycles. The van der Waals surface area contributed by atoms with Crippen LogP contribution in [-0.4, -0.2) is 34.3 Å². The molecule has 1 saturated carbocycles. The Kier molecular flexibility index (Phi) is 5.61. The van der Waals surface area contributed by atoms with E-state index in [2.05, 4.69) is 28.7 Å². The summed E-state index contributed by atoms with van der Waals surface area (Å²) in [4.78, 5) is 11.1. The molecule has 1 aromatic rings. The van der Waals surface area contributed by atoms with E-state index in [1.54, 1.807) is 0 Å². The van der Waals surface area contributed by atoms with Crippen molar-refractivity contribution < 1.29 is 5.11 Å². The number of halogens is 1. The second-order valence-corrected chi connectivity index (χ2v) is 6.16. The first-order valence-corrected chi connectivity index (χ1v) is 7.91. The van der Waals surface area contributed by atoms with Crippen molar-refractivity contribution in [2.24, 2.45) is 0 Å². The molecule has 0 unspecified atom stereocenters. The van der Waals surface area contributed by atoms with Crippen LogP contribution in [0.4, 0.5) is 5.82 Å². The highest BCUT2D eigenvalue weighted by Gasteiger charge is 2.23. The zero-order valence-electron chi connectivity index (χ0n) is 12.3. The molecule has 0 amide bonds. The molecule has 0 bridgehead atoms. The van der Waals surface area contributed by atoms with Gasteiger partial charge in [-0.25, -0.2) is 9.97 Å². The molecule has 2 rings (SSSR count). The van der Waals surface area contributed by atoms with Crippen LogP contribution in [0.25, 0.3) is 0 Å². The maximum Gasteiger partial charge on any atom is 0.135 e. The van der Waals surface area contributed by atoms with E-state index in [1.807, 2.05) is 6.07 Å². The molecule has 0 saturated heterocycles. The number of hydrogen-bond acceptors (Lipinski definition) is 4. The zero-order valence-corrected chi connectivity index (χ0v) is 13.1. The molecule has 0 atom stereocenters. The van der Waals surface area contributed by atoms with E-state index in [4.69, 9.17) is 11.6 Å². The molecular formula is C15H24ClN3O. The zero-order chi connectivity index (χ0) is 14.5. The van der Waals surface area contributed by atoms with Crippen molar-refractivity contribution >= 4 is 17.4 Å². The smallest absolute Gasteiger partial charge is 0.135 e. The number of anilines is 1. The van der Waals surface area contributed by atoms with Crippen molar-refractivity contribution in [3.8, 4) is 0 Å². The monoisotopic (exact) mass is 297 g/mol. The Labute approximate surface area is 126 Å². The summed E-state index contributed by atoms with van der Waals surface area (Å²) in [6.07, 6.45) is 6.15. The van der Waals surface area contributed by atoms with Gasteiger partial charge in [0.15, 0.2) is 0 Å². The molecule has 0 spiro atoms. The van der Waals surface area contributed by atoms with Gasteiger partial charge in [-0.3, -0.25) is 0 Å². The van der Waals surface area contributed by atoms with Gasteiger partial charge in [0.05, 0.1) is 6.61 Å². The summed E-state index contributed by atoms with van der Waals surface area (Å²) >= 11 is 6.14. The number of hydrogen-bond donors (Lipinski definition) is 1. The van der Waals surface area contributed by atoms with Crippen molar-refractivity contribution in [3.63, 3.8) is 0 Å². The standard InChI is InChI=1S/C15H24ClN3O/c1-11(2)15-17-13(16)10-14(18-15)19(8-9-20)12-6-4-3-5-7-12/h10-12,20H,3-9H2,1-2H3. The van der Waals surface area contributed by atoms with Crippen molar-refractivity contribution in [2.45, 2.75) is 57.9 Å². The first-order valence-electron chi connectivity index (χ1n) is 7.53. The molecule has 1 aliphatic rings. The number of aromatic nitrogens is 2. The third kappa shape index (κ3) is 3.83. The van der Waals surface area contributed by atoms with Gasteiger partial charge in [0, 0.05) is 24.6 Å². The third-order valence-electron chi connectivity index (χ3n) is 3.87. The SMILES string of the molecule is CC(C)c1nc(Cl)cc(N(CCO)C2CCCCC2)n1. The molecule has 0 aromatic carbocycles. The number of nitrogens with zero attached hydrogens (tertiary/aromatic N) is 3. The van der Waals surface area contributed by atoms with Gasteiger partial charge in [0.25, 0.3) is 0 Å². The minimum Gasteiger partial charge on any atom is -0.395 e. The van der Waals surface area contributed by atoms with Crippen LogP contribution in [0.3, 0.4) is 0 Å². The van der Waals surface area contributed by atoms with Gasteiger partial charge in [-0.05, 0) is 12.8 Å². The lowest BCUT2D eigenvalue weighted by molar-refractivity contribution is 0.289. The molecule has 1 fully saturated rings. The largest absolute Gasteiger partial charge is 0.395 e. The fraction of sp³-hybridized carbons (Fsp3) is 0.733. The Morgan fingerprint density at radius 2 is 2.00 bits per heavy atom. The molecule has 5 heteroatoms. The first kappa shape index (κ1) is 15.5. The van der Waals surface area contributed by atoms with Crippen LogP contribution in [0.1, 0.15) is 57.7 Å². The van der Waals surface area contributed by atoms with Gasteiger partial charge < -0.3 is 10.0 Å². The molecule has 1 heterocycles. The van der Waals surface area contributed by atoms with Gasteiger partial charge in [-0.2, -0.15) is 0 Å². The lowest BCUT2D eigenvalue weighted by Crippen LogP contribution is -2.39. The van der Waals surface area contributed by atoms with E-state index in [0.29, 0.717) is 17.7 Å². The summed E-state index contributed by atoms with van der Waals surface area (Å²) in [6, 6.07) is 2.28. The van der Waals surface area contributed by atoms with Gasteiger partial charge in [-0.1, -0.05) is 44.7 Å². The fourth-order valence-electron chi connectivity index (χ4n) is 2.81. The highest BCUT2D eigenvalue weighted by atomic mass is 35.5. The van der Waals surface area contributed by atoms with Crippen molar-refractivity contribution in [2.75, 3.05) is 18.1 Å². The highest BCUT2D eigenvalue weighted by molar-refractivity contribution is 6.29. The minimum atomic E-state index is 0.134. The van der Waals surface area contributed by atoms with Crippen molar-refractivity contribution in [1.82, 2.24) is 9.97 Å². The van der Waals surface area contributed by atoms with Crippen LogP contribution in [0.15, 0.2) is 6.07 Å². The molecule has 4 nitrogen and oxygen atoms in total. The van der Waals surface area contributed by atoms with E-state index in [-0.39, 0.29) is 12.5 Å².